The first-order chi connectivity index (χ1) is 12.2. The van der Waals surface area contributed by atoms with Gasteiger partial charge in [-0.3, -0.25) is 0 Å². The molecule has 0 saturated carbocycles. The van der Waals surface area contributed by atoms with Crippen LogP contribution in [0.5, 0.6) is 0 Å². The average Bonchev–Trinajstić information content (AvgIpc) is 3.10. The quantitative estimate of drug-likeness (QED) is 0.300. The Balaban J connectivity index is 1.88. The molecule has 0 aliphatic carbocycles. The van der Waals surface area contributed by atoms with E-state index in [0.717, 1.165) is 33.6 Å². The van der Waals surface area contributed by atoms with E-state index in [4.69, 9.17) is 22.1 Å². The van der Waals surface area contributed by atoms with E-state index in [1.165, 1.54) is 6.21 Å². The molecule has 0 fully saturated rings. The van der Waals surface area contributed by atoms with Crippen LogP contribution < -0.4 is 5.32 Å². The number of rotatable bonds is 4. The topological polar surface area (TPSA) is 77.9 Å². The second-order valence-corrected chi connectivity index (χ2v) is 5.89. The lowest BCUT2D eigenvalue weighted by molar-refractivity contribution is 0.996. The second kappa shape index (κ2) is 6.33. The van der Waals surface area contributed by atoms with E-state index in [9.17, 15) is 0 Å². The molecule has 0 aliphatic rings. The average molecular weight is 349 g/mol. The molecule has 4 aromatic rings. The lowest BCUT2D eigenvalue weighted by Gasteiger charge is -2.11. The van der Waals surface area contributed by atoms with Crippen LogP contribution in [0.15, 0.2) is 71.1 Å². The van der Waals surface area contributed by atoms with Gasteiger partial charge in [-0.05, 0) is 48.0 Å². The van der Waals surface area contributed by atoms with E-state index < -0.39 is 0 Å². The first kappa shape index (κ1) is 15.3. The molecule has 2 aromatic heterocycles. The molecule has 0 bridgehead atoms. The van der Waals surface area contributed by atoms with Gasteiger partial charge in [-0.25, -0.2) is 4.98 Å². The van der Waals surface area contributed by atoms with Crippen LogP contribution in [0.3, 0.4) is 0 Å². The number of halogens is 1. The summed E-state index contributed by atoms with van der Waals surface area (Å²) in [6.45, 7) is 0. The molecule has 2 heterocycles. The Bertz CT molecular complexity index is 1120. The Morgan fingerprint density at radius 1 is 1.08 bits per heavy atom. The van der Waals surface area contributed by atoms with Crippen LogP contribution in [-0.2, 0) is 0 Å². The molecule has 2 N–H and O–H groups in total. The third kappa shape index (κ3) is 2.95. The number of anilines is 2. The number of hydrogen-bond donors (Lipinski definition) is 2. The molecule has 2 aromatic carbocycles. The van der Waals surface area contributed by atoms with Crippen molar-refractivity contribution in [3.63, 3.8) is 0 Å². The van der Waals surface area contributed by atoms with Crippen molar-refractivity contribution in [3.8, 4) is 0 Å². The molecule has 0 saturated heterocycles. The van der Waals surface area contributed by atoms with E-state index in [1.54, 1.807) is 0 Å². The van der Waals surface area contributed by atoms with Gasteiger partial charge in [0.15, 0.2) is 5.82 Å². The summed E-state index contributed by atoms with van der Waals surface area (Å²) in [7, 11) is 0. The van der Waals surface area contributed by atoms with Crippen molar-refractivity contribution >= 4 is 45.9 Å². The second-order valence-electron chi connectivity index (χ2n) is 5.45. The summed E-state index contributed by atoms with van der Waals surface area (Å²) in [6, 6.07) is 17.3. The van der Waals surface area contributed by atoms with Gasteiger partial charge in [-0.2, -0.15) is 5.53 Å². The van der Waals surface area contributed by atoms with E-state index in [-0.39, 0.29) is 0 Å². The number of benzene rings is 2. The Kier molecular flexibility index (Phi) is 3.87. The molecule has 6 nitrogen and oxygen atoms in total. The minimum atomic E-state index is 0.662. The Morgan fingerprint density at radius 2 is 2.00 bits per heavy atom. The third-order valence-corrected chi connectivity index (χ3v) is 4.07. The van der Waals surface area contributed by atoms with Crippen molar-refractivity contribution in [1.29, 1.82) is 5.53 Å². The van der Waals surface area contributed by atoms with Crippen LogP contribution in [0.1, 0.15) is 5.56 Å². The highest BCUT2D eigenvalue weighted by molar-refractivity contribution is 6.30. The molecule has 0 amide bonds. The summed E-state index contributed by atoms with van der Waals surface area (Å²) in [6.07, 6.45) is 3.52. The molecule has 122 valence electrons. The highest BCUT2D eigenvalue weighted by Gasteiger charge is 2.09. The smallest absolute Gasteiger partial charge is 0.155 e. The zero-order valence-electron chi connectivity index (χ0n) is 13.0. The largest absolute Gasteiger partial charge is 0.338 e. The van der Waals surface area contributed by atoms with Gasteiger partial charge in [-0.1, -0.05) is 29.0 Å². The van der Waals surface area contributed by atoms with Crippen LogP contribution in [0, 0.1) is 5.53 Å². The highest BCUT2D eigenvalue weighted by Crippen LogP contribution is 2.26. The lowest BCUT2D eigenvalue weighted by Crippen LogP contribution is -1.99. The maximum Gasteiger partial charge on any atom is 0.155 e. The predicted molar refractivity (Wildman–Crippen MR) is 100 cm³/mol. The van der Waals surface area contributed by atoms with Gasteiger partial charge in [0.05, 0.1) is 22.8 Å². The van der Waals surface area contributed by atoms with Crippen LogP contribution in [0.4, 0.5) is 11.5 Å². The fourth-order valence-electron chi connectivity index (χ4n) is 2.77. The normalized spacial score (nSPS) is 11.4. The van der Waals surface area contributed by atoms with Gasteiger partial charge >= 0.3 is 0 Å². The van der Waals surface area contributed by atoms with Crippen molar-refractivity contribution in [2.75, 3.05) is 5.32 Å². The summed E-state index contributed by atoms with van der Waals surface area (Å²) >= 11 is 6.07. The van der Waals surface area contributed by atoms with Crippen LogP contribution >= 0.6 is 11.6 Å². The van der Waals surface area contributed by atoms with Gasteiger partial charge in [-0.15, -0.1) is 5.10 Å². The fraction of sp³-hybridized carbons (Fsp3) is 0. The van der Waals surface area contributed by atoms with Gasteiger partial charge in [0.2, 0.25) is 0 Å². The van der Waals surface area contributed by atoms with Gasteiger partial charge in [0.1, 0.15) is 0 Å². The minimum absolute atomic E-state index is 0.662. The maximum absolute atomic E-state index is 6.76. The Morgan fingerprint density at radius 3 is 2.84 bits per heavy atom. The molecular weight excluding hydrogens is 336 g/mol. The molecular formula is C18H13ClN6. The number of hydrogen-bond acceptors (Lipinski definition) is 4. The molecule has 0 radical (unpaired) electrons. The van der Waals surface area contributed by atoms with E-state index in [2.05, 4.69) is 20.0 Å². The standard InChI is InChI=1S/C18H13ClN6/c19-13-3-1-4-14(10-13)22-18-17-5-2-8-25(17)16-7-6-12(11-21-24-20)9-15(16)23-18/h1-11,20H,(H,22,23). The van der Waals surface area contributed by atoms with Crippen LogP contribution in [-0.4, -0.2) is 15.6 Å². The SMILES string of the molecule is N=NN=Cc1ccc2c(c1)nc(Nc1cccc(Cl)c1)c1cccn12. The first-order valence-corrected chi connectivity index (χ1v) is 7.95. The van der Waals surface area contributed by atoms with Gasteiger partial charge < -0.3 is 9.72 Å². The van der Waals surface area contributed by atoms with E-state index in [1.807, 2.05) is 60.8 Å². The lowest BCUT2D eigenvalue weighted by atomic mass is 10.2. The summed E-state index contributed by atoms with van der Waals surface area (Å²) in [5.41, 5.74) is 11.2. The fourth-order valence-corrected chi connectivity index (χ4v) is 2.96. The minimum Gasteiger partial charge on any atom is -0.338 e. The predicted octanol–water partition coefficient (Wildman–Crippen LogP) is 5.25. The van der Waals surface area contributed by atoms with Crippen molar-refractivity contribution in [2.24, 2.45) is 10.3 Å². The molecule has 0 aliphatic heterocycles. The first-order valence-electron chi connectivity index (χ1n) is 7.58. The molecule has 25 heavy (non-hydrogen) atoms. The summed E-state index contributed by atoms with van der Waals surface area (Å²) in [5.74, 6) is 0.735. The van der Waals surface area contributed by atoms with E-state index in [0.29, 0.717) is 5.02 Å². The number of aromatic nitrogens is 2. The zero-order chi connectivity index (χ0) is 17.2. The van der Waals surface area contributed by atoms with Crippen molar-refractivity contribution in [2.45, 2.75) is 0 Å². The van der Waals surface area contributed by atoms with Crippen molar-refractivity contribution in [3.05, 3.63) is 71.4 Å². The summed E-state index contributed by atoms with van der Waals surface area (Å²) in [4.78, 5) is 4.76. The maximum atomic E-state index is 6.76. The summed E-state index contributed by atoms with van der Waals surface area (Å²) < 4.78 is 2.07. The molecule has 4 rings (SSSR count). The molecule has 0 atom stereocenters. The van der Waals surface area contributed by atoms with Crippen LogP contribution in [0.2, 0.25) is 5.02 Å². The Labute approximate surface area is 148 Å². The number of nitrogens with zero attached hydrogens (tertiary/aromatic N) is 4. The molecule has 0 unspecified atom stereocenters. The monoisotopic (exact) mass is 348 g/mol. The van der Waals surface area contributed by atoms with Gasteiger partial charge in [0, 0.05) is 16.9 Å². The van der Waals surface area contributed by atoms with Gasteiger partial charge in [0.25, 0.3) is 0 Å². The zero-order valence-corrected chi connectivity index (χ0v) is 13.8. The molecule has 7 heteroatoms. The van der Waals surface area contributed by atoms with E-state index >= 15 is 0 Å². The van der Waals surface area contributed by atoms with Crippen molar-refractivity contribution < 1.29 is 0 Å². The highest BCUT2D eigenvalue weighted by atomic mass is 35.5. The van der Waals surface area contributed by atoms with Crippen LogP contribution in [0.25, 0.3) is 16.6 Å². The Hall–Kier alpha value is -3.25. The molecule has 0 spiro atoms. The summed E-state index contributed by atoms with van der Waals surface area (Å²) in [5, 5.41) is 10.6. The number of fused-ring (bicyclic) bond motifs is 3. The third-order valence-electron chi connectivity index (χ3n) is 3.83. The number of nitrogens with one attached hydrogen (secondary N) is 2. The van der Waals surface area contributed by atoms with Crippen molar-refractivity contribution in [1.82, 2.24) is 9.38 Å².